The second-order valence-electron chi connectivity index (χ2n) is 7.09. The molecule has 8 heteroatoms. The zero-order valence-corrected chi connectivity index (χ0v) is 16.9. The summed E-state index contributed by atoms with van der Waals surface area (Å²) < 4.78 is 34.1. The van der Waals surface area contributed by atoms with Crippen molar-refractivity contribution in [2.45, 2.75) is 32.9 Å². The molecule has 0 amide bonds. The van der Waals surface area contributed by atoms with E-state index in [-0.39, 0.29) is 0 Å². The highest BCUT2D eigenvalue weighted by Crippen LogP contribution is 2.30. The lowest BCUT2D eigenvalue weighted by Gasteiger charge is -2.24. The fourth-order valence-corrected chi connectivity index (χ4v) is 3.68. The van der Waals surface area contributed by atoms with E-state index in [1.165, 1.54) is 27.7 Å². The molecular weight excluding hydrogens is 378 g/mol. The number of likely N-dealkylation sites (N-methyl/N-ethyl adjacent to an activating group) is 1. The van der Waals surface area contributed by atoms with Gasteiger partial charge < -0.3 is 9.47 Å². The fourth-order valence-electron chi connectivity index (χ4n) is 3.68. The van der Waals surface area contributed by atoms with Crippen LogP contribution < -0.4 is 0 Å². The highest BCUT2D eigenvalue weighted by Gasteiger charge is 2.21. The first-order valence-electron chi connectivity index (χ1n) is 9.11. The van der Waals surface area contributed by atoms with Crippen LogP contribution >= 0.6 is 0 Å². The summed E-state index contributed by atoms with van der Waals surface area (Å²) in [7, 11) is -2.45. The van der Waals surface area contributed by atoms with E-state index in [1.54, 1.807) is 0 Å². The van der Waals surface area contributed by atoms with Crippen LogP contribution in [0.15, 0.2) is 42.6 Å². The van der Waals surface area contributed by atoms with Crippen LogP contribution in [-0.4, -0.2) is 45.6 Å². The van der Waals surface area contributed by atoms with Crippen molar-refractivity contribution >= 4 is 21.3 Å². The first-order chi connectivity index (χ1) is 13.2. The zero-order valence-electron chi connectivity index (χ0n) is 16.0. The van der Waals surface area contributed by atoms with Crippen molar-refractivity contribution in [1.82, 2.24) is 14.5 Å². The van der Waals surface area contributed by atoms with Crippen molar-refractivity contribution < 1.29 is 17.5 Å². The maximum absolute atomic E-state index is 8.74. The van der Waals surface area contributed by atoms with Gasteiger partial charge >= 0.3 is 10.4 Å². The molecule has 7 nitrogen and oxygen atoms in total. The van der Waals surface area contributed by atoms with E-state index in [2.05, 4.69) is 57.9 Å². The third-order valence-corrected chi connectivity index (χ3v) is 4.95. The Kier molecular flexibility index (Phi) is 6.14. The number of nitrogens with zero attached hydrogens (tertiary/aromatic N) is 3. The van der Waals surface area contributed by atoms with Crippen LogP contribution in [0, 0.1) is 6.92 Å². The number of benzene rings is 1. The SMILES string of the molecule is Cc1ccc(CCn2c3c(c4ccccc42)CN(C)CC3)cn1.O=S(=O)(O)O. The maximum atomic E-state index is 8.74. The molecule has 1 aliphatic heterocycles. The van der Waals surface area contributed by atoms with Crippen LogP contribution in [-0.2, 0) is 36.3 Å². The first-order valence-corrected chi connectivity index (χ1v) is 10.5. The van der Waals surface area contributed by atoms with Crippen molar-refractivity contribution in [2.24, 2.45) is 0 Å². The molecule has 0 saturated carbocycles. The van der Waals surface area contributed by atoms with Crippen LogP contribution in [0.5, 0.6) is 0 Å². The van der Waals surface area contributed by atoms with Gasteiger partial charge in [-0.3, -0.25) is 14.1 Å². The van der Waals surface area contributed by atoms with Crippen molar-refractivity contribution in [3.63, 3.8) is 0 Å². The summed E-state index contributed by atoms with van der Waals surface area (Å²) in [5.74, 6) is 0. The van der Waals surface area contributed by atoms with Crippen LogP contribution in [0.4, 0.5) is 0 Å². The molecule has 4 rings (SSSR count). The number of aryl methyl sites for hydroxylation is 3. The largest absolute Gasteiger partial charge is 0.394 e. The zero-order chi connectivity index (χ0) is 20.3. The highest BCUT2D eigenvalue weighted by molar-refractivity contribution is 7.79. The Hall–Kier alpha value is -2.26. The summed E-state index contributed by atoms with van der Waals surface area (Å²) in [6.45, 7) is 5.28. The topological polar surface area (TPSA) is 95.7 Å². The molecule has 2 aromatic heterocycles. The summed E-state index contributed by atoms with van der Waals surface area (Å²) in [5.41, 5.74) is 6.84. The molecule has 0 saturated heterocycles. The molecule has 2 N–H and O–H groups in total. The third kappa shape index (κ3) is 5.17. The lowest BCUT2D eigenvalue weighted by atomic mass is 10.1. The predicted molar refractivity (Wildman–Crippen MR) is 109 cm³/mol. The highest BCUT2D eigenvalue weighted by atomic mass is 32.3. The van der Waals surface area contributed by atoms with E-state index in [0.29, 0.717) is 0 Å². The molecule has 0 fully saturated rings. The number of aromatic nitrogens is 2. The van der Waals surface area contributed by atoms with Gasteiger partial charge in [-0.15, -0.1) is 0 Å². The molecule has 1 aliphatic rings. The van der Waals surface area contributed by atoms with E-state index in [9.17, 15) is 0 Å². The maximum Gasteiger partial charge on any atom is 0.394 e. The summed E-state index contributed by atoms with van der Waals surface area (Å²) in [4.78, 5) is 6.84. The van der Waals surface area contributed by atoms with Gasteiger partial charge in [0.05, 0.1) is 0 Å². The van der Waals surface area contributed by atoms with Crippen LogP contribution in [0.2, 0.25) is 0 Å². The van der Waals surface area contributed by atoms with Crippen molar-refractivity contribution in [3.8, 4) is 0 Å². The van der Waals surface area contributed by atoms with E-state index in [4.69, 9.17) is 17.5 Å². The number of rotatable bonds is 3. The Morgan fingerprint density at radius 3 is 2.54 bits per heavy atom. The average molecular weight is 404 g/mol. The normalized spacial score (nSPS) is 14.4. The first kappa shape index (κ1) is 20.5. The van der Waals surface area contributed by atoms with Gasteiger partial charge in [-0.05, 0) is 43.7 Å². The molecule has 3 heterocycles. The predicted octanol–water partition coefficient (Wildman–Crippen LogP) is 2.92. The minimum atomic E-state index is -4.67. The Bertz CT molecular complexity index is 1050. The lowest BCUT2D eigenvalue weighted by molar-refractivity contribution is 0.309. The van der Waals surface area contributed by atoms with E-state index < -0.39 is 10.4 Å². The lowest BCUT2D eigenvalue weighted by Crippen LogP contribution is -2.27. The molecule has 0 spiro atoms. The van der Waals surface area contributed by atoms with Crippen LogP contribution in [0.25, 0.3) is 10.9 Å². The molecule has 28 heavy (non-hydrogen) atoms. The van der Waals surface area contributed by atoms with Crippen LogP contribution in [0.3, 0.4) is 0 Å². The summed E-state index contributed by atoms with van der Waals surface area (Å²) >= 11 is 0. The Labute approximate surface area is 165 Å². The van der Waals surface area contributed by atoms with Crippen molar-refractivity contribution in [3.05, 3.63) is 65.1 Å². The van der Waals surface area contributed by atoms with Gasteiger partial charge in [0, 0.05) is 54.5 Å². The standard InChI is InChI=1S/C20H23N3.H2O4S/c1-15-7-8-16(13-21-15)9-12-23-19-6-4-3-5-17(19)18-14-22(2)11-10-20(18)23;1-5(2,3)4/h3-8,13H,9-12,14H2,1-2H3;(H2,1,2,3,4). The quantitative estimate of drug-likeness (QED) is 0.653. The van der Waals surface area contributed by atoms with Gasteiger partial charge in [-0.2, -0.15) is 8.42 Å². The molecular formula is C20H25N3O4S. The number of hydrogen-bond donors (Lipinski definition) is 2. The third-order valence-electron chi connectivity index (χ3n) is 4.95. The monoisotopic (exact) mass is 403 g/mol. The summed E-state index contributed by atoms with van der Waals surface area (Å²) in [6.07, 6.45) is 4.20. The van der Waals surface area contributed by atoms with Gasteiger partial charge in [0.2, 0.25) is 0 Å². The van der Waals surface area contributed by atoms with Gasteiger partial charge in [-0.25, -0.2) is 0 Å². The molecule has 0 atom stereocenters. The Morgan fingerprint density at radius 1 is 1.14 bits per heavy atom. The fraction of sp³-hybridized carbons (Fsp3) is 0.350. The Morgan fingerprint density at radius 2 is 1.86 bits per heavy atom. The minimum Gasteiger partial charge on any atom is -0.344 e. The van der Waals surface area contributed by atoms with Gasteiger partial charge in [0.15, 0.2) is 0 Å². The summed E-state index contributed by atoms with van der Waals surface area (Å²) in [5, 5.41) is 1.43. The van der Waals surface area contributed by atoms with Gasteiger partial charge in [-0.1, -0.05) is 24.3 Å². The summed E-state index contributed by atoms with van der Waals surface area (Å²) in [6, 6.07) is 13.2. The molecule has 150 valence electrons. The van der Waals surface area contributed by atoms with Gasteiger partial charge in [0.1, 0.15) is 0 Å². The van der Waals surface area contributed by atoms with E-state index >= 15 is 0 Å². The van der Waals surface area contributed by atoms with E-state index in [0.717, 1.165) is 38.2 Å². The molecule has 0 bridgehead atoms. The number of hydrogen-bond acceptors (Lipinski definition) is 4. The molecule has 0 radical (unpaired) electrons. The average Bonchev–Trinajstić information content (AvgIpc) is 2.93. The second kappa shape index (κ2) is 8.40. The number of para-hydroxylation sites is 1. The Balaban J connectivity index is 0.000000403. The van der Waals surface area contributed by atoms with Crippen molar-refractivity contribution in [2.75, 3.05) is 13.6 Å². The molecule has 1 aromatic carbocycles. The van der Waals surface area contributed by atoms with E-state index in [1.807, 2.05) is 13.1 Å². The second-order valence-corrected chi connectivity index (χ2v) is 7.98. The molecule has 0 aliphatic carbocycles. The number of pyridine rings is 1. The smallest absolute Gasteiger partial charge is 0.344 e. The molecule has 0 unspecified atom stereocenters. The molecule has 3 aromatic rings. The minimum absolute atomic E-state index is 1.03. The number of fused-ring (bicyclic) bond motifs is 3. The van der Waals surface area contributed by atoms with Crippen LogP contribution in [0.1, 0.15) is 22.5 Å². The van der Waals surface area contributed by atoms with Gasteiger partial charge in [0.25, 0.3) is 0 Å². The van der Waals surface area contributed by atoms with Crippen molar-refractivity contribution in [1.29, 1.82) is 0 Å².